The summed E-state index contributed by atoms with van der Waals surface area (Å²) < 4.78 is 20.4. The van der Waals surface area contributed by atoms with Crippen molar-refractivity contribution in [3.8, 4) is 5.69 Å². The number of hydrogen-bond donors (Lipinski definition) is 0. The van der Waals surface area contributed by atoms with Crippen molar-refractivity contribution in [1.29, 1.82) is 0 Å². The first-order valence-corrected chi connectivity index (χ1v) is 7.16. The summed E-state index contributed by atoms with van der Waals surface area (Å²) in [5.74, 6) is -0.955. The van der Waals surface area contributed by atoms with E-state index in [1.54, 1.807) is 29.9 Å². The Bertz CT molecular complexity index is 812. The molecule has 0 aliphatic carbocycles. The van der Waals surface area contributed by atoms with Crippen LogP contribution in [-0.2, 0) is 11.3 Å². The smallest absolute Gasteiger partial charge is 0.338 e. The SMILES string of the molecule is Cc1ccc(C(=O)OCc2ccc(-n3cccn3)cc2)cc1F. The van der Waals surface area contributed by atoms with E-state index in [1.165, 1.54) is 6.07 Å². The van der Waals surface area contributed by atoms with Crippen molar-refractivity contribution < 1.29 is 13.9 Å². The Kier molecular flexibility index (Phi) is 4.19. The number of halogens is 1. The first kappa shape index (κ1) is 15.0. The van der Waals surface area contributed by atoms with E-state index in [4.69, 9.17) is 4.74 Å². The summed E-state index contributed by atoms with van der Waals surface area (Å²) in [6.45, 7) is 1.78. The van der Waals surface area contributed by atoms with Crippen LogP contribution in [0.4, 0.5) is 4.39 Å². The zero-order valence-electron chi connectivity index (χ0n) is 12.6. The molecule has 2 aromatic carbocycles. The second-order valence-corrected chi connectivity index (χ2v) is 5.16. The number of ether oxygens (including phenoxy) is 1. The maximum absolute atomic E-state index is 13.5. The number of hydrogen-bond acceptors (Lipinski definition) is 3. The number of nitrogens with zero attached hydrogens (tertiary/aromatic N) is 2. The molecule has 0 fully saturated rings. The van der Waals surface area contributed by atoms with Crippen LogP contribution in [0.25, 0.3) is 5.69 Å². The van der Waals surface area contributed by atoms with Gasteiger partial charge in [-0.1, -0.05) is 18.2 Å². The van der Waals surface area contributed by atoms with Gasteiger partial charge < -0.3 is 4.74 Å². The maximum Gasteiger partial charge on any atom is 0.338 e. The Morgan fingerprint density at radius 3 is 2.65 bits per heavy atom. The van der Waals surface area contributed by atoms with Gasteiger partial charge in [0.05, 0.1) is 11.3 Å². The Balaban J connectivity index is 1.63. The first-order valence-electron chi connectivity index (χ1n) is 7.16. The molecule has 0 unspecified atom stereocenters. The van der Waals surface area contributed by atoms with Crippen LogP contribution in [0.5, 0.6) is 0 Å². The van der Waals surface area contributed by atoms with Crippen molar-refractivity contribution in [3.63, 3.8) is 0 Å². The number of carbonyl (C=O) groups excluding carboxylic acids is 1. The minimum atomic E-state index is -0.542. The lowest BCUT2D eigenvalue weighted by Gasteiger charge is -2.07. The molecule has 116 valence electrons. The molecule has 5 heteroatoms. The molecular weight excluding hydrogens is 295 g/mol. The second kappa shape index (κ2) is 6.44. The fourth-order valence-electron chi connectivity index (χ4n) is 2.12. The summed E-state index contributed by atoms with van der Waals surface area (Å²) in [7, 11) is 0. The number of benzene rings is 2. The molecule has 4 nitrogen and oxygen atoms in total. The van der Waals surface area contributed by atoms with Gasteiger partial charge in [-0.3, -0.25) is 0 Å². The largest absolute Gasteiger partial charge is 0.457 e. The van der Waals surface area contributed by atoms with Gasteiger partial charge in [-0.05, 0) is 48.4 Å². The fraction of sp³-hybridized carbons (Fsp3) is 0.111. The summed E-state index contributed by atoms with van der Waals surface area (Å²) in [6.07, 6.45) is 3.55. The van der Waals surface area contributed by atoms with E-state index in [1.807, 2.05) is 36.5 Å². The van der Waals surface area contributed by atoms with Crippen molar-refractivity contribution in [1.82, 2.24) is 9.78 Å². The van der Waals surface area contributed by atoms with Gasteiger partial charge in [0.15, 0.2) is 0 Å². The molecule has 1 aromatic heterocycles. The van der Waals surface area contributed by atoms with Gasteiger partial charge in [-0.25, -0.2) is 13.9 Å². The average molecular weight is 310 g/mol. The van der Waals surface area contributed by atoms with Crippen molar-refractivity contribution in [2.75, 3.05) is 0 Å². The molecule has 0 saturated heterocycles. The number of carbonyl (C=O) groups is 1. The third kappa shape index (κ3) is 3.45. The summed E-state index contributed by atoms with van der Waals surface area (Å²) in [5.41, 5.74) is 2.48. The fourth-order valence-corrected chi connectivity index (χ4v) is 2.12. The Morgan fingerprint density at radius 2 is 2.00 bits per heavy atom. The van der Waals surface area contributed by atoms with E-state index < -0.39 is 11.8 Å². The summed E-state index contributed by atoms with van der Waals surface area (Å²) in [4.78, 5) is 11.9. The quantitative estimate of drug-likeness (QED) is 0.691. The van der Waals surface area contributed by atoms with E-state index in [9.17, 15) is 9.18 Å². The highest BCUT2D eigenvalue weighted by Gasteiger charge is 2.10. The molecule has 0 saturated carbocycles. The normalized spacial score (nSPS) is 10.5. The predicted octanol–water partition coefficient (Wildman–Crippen LogP) is 3.68. The number of aryl methyl sites for hydroxylation is 1. The lowest BCUT2D eigenvalue weighted by molar-refractivity contribution is 0.0472. The third-order valence-electron chi connectivity index (χ3n) is 3.48. The van der Waals surface area contributed by atoms with Crippen molar-refractivity contribution in [2.45, 2.75) is 13.5 Å². The van der Waals surface area contributed by atoms with Gasteiger partial charge in [0.2, 0.25) is 0 Å². The predicted molar refractivity (Wildman–Crippen MR) is 83.8 cm³/mol. The standard InChI is InChI=1S/C18H15FN2O2/c1-13-3-6-15(11-17(13)19)18(22)23-12-14-4-7-16(8-5-14)21-10-2-9-20-21/h2-11H,12H2,1H3. The van der Waals surface area contributed by atoms with Crippen LogP contribution in [0.3, 0.4) is 0 Å². The van der Waals surface area contributed by atoms with Gasteiger partial charge in [-0.15, -0.1) is 0 Å². The first-order chi connectivity index (χ1) is 11.1. The van der Waals surface area contributed by atoms with Crippen LogP contribution in [-0.4, -0.2) is 15.7 Å². The molecule has 3 rings (SSSR count). The highest BCUT2D eigenvalue weighted by molar-refractivity contribution is 5.89. The van der Waals surface area contributed by atoms with Crippen LogP contribution in [0, 0.1) is 12.7 Å². The van der Waals surface area contributed by atoms with Crippen LogP contribution in [0.15, 0.2) is 60.9 Å². The van der Waals surface area contributed by atoms with E-state index in [-0.39, 0.29) is 12.2 Å². The van der Waals surface area contributed by atoms with Crippen LogP contribution < -0.4 is 0 Å². The minimum absolute atomic E-state index is 0.133. The van der Waals surface area contributed by atoms with E-state index >= 15 is 0 Å². The monoisotopic (exact) mass is 310 g/mol. The third-order valence-corrected chi connectivity index (χ3v) is 3.48. The van der Waals surface area contributed by atoms with Crippen LogP contribution in [0.2, 0.25) is 0 Å². The molecule has 0 radical (unpaired) electrons. The molecular formula is C18H15FN2O2. The molecule has 0 spiro atoms. The highest BCUT2D eigenvalue weighted by Crippen LogP contribution is 2.13. The van der Waals surface area contributed by atoms with Gasteiger partial charge in [0.1, 0.15) is 12.4 Å². The van der Waals surface area contributed by atoms with Crippen molar-refractivity contribution in [3.05, 3.63) is 83.4 Å². The molecule has 0 N–H and O–H groups in total. The molecule has 23 heavy (non-hydrogen) atoms. The topological polar surface area (TPSA) is 44.1 Å². The molecule has 1 heterocycles. The Labute approximate surface area is 133 Å². The van der Waals surface area contributed by atoms with Crippen molar-refractivity contribution in [2.24, 2.45) is 0 Å². The average Bonchev–Trinajstić information content (AvgIpc) is 3.10. The Morgan fingerprint density at radius 1 is 1.22 bits per heavy atom. The van der Waals surface area contributed by atoms with Crippen LogP contribution >= 0.6 is 0 Å². The molecule has 0 aliphatic heterocycles. The minimum Gasteiger partial charge on any atom is -0.457 e. The molecule has 0 atom stereocenters. The number of rotatable bonds is 4. The van der Waals surface area contributed by atoms with Crippen molar-refractivity contribution >= 4 is 5.97 Å². The molecule has 3 aromatic rings. The molecule has 0 bridgehead atoms. The molecule has 0 amide bonds. The summed E-state index contributed by atoms with van der Waals surface area (Å²) in [5, 5.41) is 4.14. The van der Waals surface area contributed by atoms with Crippen LogP contribution in [0.1, 0.15) is 21.5 Å². The van der Waals surface area contributed by atoms with Gasteiger partial charge in [0, 0.05) is 12.4 Å². The number of esters is 1. The summed E-state index contributed by atoms with van der Waals surface area (Å²) >= 11 is 0. The maximum atomic E-state index is 13.5. The lowest BCUT2D eigenvalue weighted by Crippen LogP contribution is -2.06. The lowest BCUT2D eigenvalue weighted by atomic mass is 10.1. The Hall–Kier alpha value is -2.95. The van der Waals surface area contributed by atoms with Gasteiger partial charge >= 0.3 is 5.97 Å². The summed E-state index contributed by atoms with van der Waals surface area (Å²) in [6, 6.07) is 13.7. The zero-order chi connectivity index (χ0) is 16.2. The van der Waals surface area contributed by atoms with Gasteiger partial charge in [0.25, 0.3) is 0 Å². The van der Waals surface area contributed by atoms with E-state index in [0.29, 0.717) is 5.56 Å². The van der Waals surface area contributed by atoms with E-state index in [0.717, 1.165) is 11.3 Å². The number of aromatic nitrogens is 2. The second-order valence-electron chi connectivity index (χ2n) is 5.16. The van der Waals surface area contributed by atoms with Gasteiger partial charge in [-0.2, -0.15) is 5.10 Å². The van der Waals surface area contributed by atoms with E-state index in [2.05, 4.69) is 5.10 Å². The zero-order valence-corrected chi connectivity index (χ0v) is 12.6. The highest BCUT2D eigenvalue weighted by atomic mass is 19.1. The molecule has 0 aliphatic rings.